The van der Waals surface area contributed by atoms with Gasteiger partial charge < -0.3 is 24.3 Å². The molecule has 2 heterocycles. The number of methoxy groups -OCH3 is 3. The Kier molecular flexibility index (Phi) is 5.67. The van der Waals surface area contributed by atoms with Crippen LogP contribution in [0.4, 0.5) is 5.82 Å². The standard InChI is InChI=1S/C22H25N3O4/c1-26-18-11-14(12-19(27-2)20(18)28-3)21-24-17-9-5-4-8-16(17)22(25-21)23-13-15-7-6-10-29-15/h4-5,8-9,11-12,15H,6-7,10,13H2,1-3H3,(H,23,24,25). The summed E-state index contributed by atoms with van der Waals surface area (Å²) in [6, 6.07) is 11.7. The summed E-state index contributed by atoms with van der Waals surface area (Å²) in [6.45, 7) is 1.54. The molecule has 152 valence electrons. The first kappa shape index (κ1) is 19.3. The maximum absolute atomic E-state index is 5.73. The van der Waals surface area contributed by atoms with E-state index >= 15 is 0 Å². The number of rotatable bonds is 7. The van der Waals surface area contributed by atoms with E-state index < -0.39 is 0 Å². The van der Waals surface area contributed by atoms with Crippen LogP contribution in [-0.4, -0.2) is 50.6 Å². The minimum Gasteiger partial charge on any atom is -0.493 e. The van der Waals surface area contributed by atoms with Gasteiger partial charge in [0.1, 0.15) is 5.82 Å². The van der Waals surface area contributed by atoms with Gasteiger partial charge in [0.15, 0.2) is 17.3 Å². The predicted octanol–water partition coefficient (Wildman–Crippen LogP) is 3.91. The molecule has 7 nitrogen and oxygen atoms in total. The highest BCUT2D eigenvalue weighted by Gasteiger charge is 2.19. The van der Waals surface area contributed by atoms with Gasteiger partial charge in [-0.3, -0.25) is 0 Å². The number of benzene rings is 2. The molecule has 0 amide bonds. The lowest BCUT2D eigenvalue weighted by molar-refractivity contribution is 0.120. The van der Waals surface area contributed by atoms with Crippen molar-refractivity contribution in [1.82, 2.24) is 9.97 Å². The van der Waals surface area contributed by atoms with Crippen molar-refractivity contribution in [3.05, 3.63) is 36.4 Å². The van der Waals surface area contributed by atoms with Crippen molar-refractivity contribution < 1.29 is 18.9 Å². The summed E-state index contributed by atoms with van der Waals surface area (Å²) in [5.74, 6) is 3.03. The van der Waals surface area contributed by atoms with Gasteiger partial charge in [-0.05, 0) is 37.1 Å². The molecule has 0 spiro atoms. The number of nitrogens with one attached hydrogen (secondary N) is 1. The van der Waals surface area contributed by atoms with Gasteiger partial charge in [0, 0.05) is 24.1 Å². The second kappa shape index (κ2) is 8.53. The van der Waals surface area contributed by atoms with E-state index in [1.54, 1.807) is 21.3 Å². The molecule has 0 saturated carbocycles. The van der Waals surface area contributed by atoms with Crippen LogP contribution in [-0.2, 0) is 4.74 Å². The van der Waals surface area contributed by atoms with Crippen LogP contribution in [0, 0.1) is 0 Å². The molecule has 4 rings (SSSR count). The Morgan fingerprint density at radius 2 is 1.79 bits per heavy atom. The Morgan fingerprint density at radius 3 is 2.45 bits per heavy atom. The van der Waals surface area contributed by atoms with Crippen molar-refractivity contribution in [2.45, 2.75) is 18.9 Å². The molecule has 29 heavy (non-hydrogen) atoms. The van der Waals surface area contributed by atoms with Crippen LogP contribution in [0.5, 0.6) is 17.2 Å². The molecule has 1 saturated heterocycles. The van der Waals surface area contributed by atoms with Crippen LogP contribution < -0.4 is 19.5 Å². The number of ether oxygens (including phenoxy) is 4. The normalized spacial score (nSPS) is 16.0. The first-order chi connectivity index (χ1) is 14.2. The molecule has 1 aliphatic heterocycles. The lowest BCUT2D eigenvalue weighted by atomic mass is 10.1. The predicted molar refractivity (Wildman–Crippen MR) is 112 cm³/mol. The Morgan fingerprint density at radius 1 is 1.03 bits per heavy atom. The molecule has 1 N–H and O–H groups in total. The monoisotopic (exact) mass is 395 g/mol. The smallest absolute Gasteiger partial charge is 0.203 e. The molecular formula is C22H25N3O4. The molecule has 2 aromatic carbocycles. The summed E-state index contributed by atoms with van der Waals surface area (Å²) < 4.78 is 22.1. The Bertz CT molecular complexity index is 978. The largest absolute Gasteiger partial charge is 0.493 e. The Balaban J connectivity index is 1.77. The van der Waals surface area contributed by atoms with Crippen LogP contribution in [0.15, 0.2) is 36.4 Å². The van der Waals surface area contributed by atoms with E-state index in [2.05, 4.69) is 5.32 Å². The highest BCUT2D eigenvalue weighted by Crippen LogP contribution is 2.41. The zero-order valence-electron chi connectivity index (χ0n) is 16.9. The first-order valence-electron chi connectivity index (χ1n) is 9.66. The molecule has 0 radical (unpaired) electrons. The SMILES string of the molecule is COc1cc(-c2nc(NCC3CCCO3)c3ccccc3n2)cc(OC)c1OC. The first-order valence-corrected chi connectivity index (χ1v) is 9.66. The van der Waals surface area contributed by atoms with Gasteiger partial charge in [0.25, 0.3) is 0 Å². The molecular weight excluding hydrogens is 370 g/mol. The summed E-state index contributed by atoms with van der Waals surface area (Å²) in [7, 11) is 4.77. The fourth-order valence-electron chi connectivity index (χ4n) is 3.57. The molecule has 1 unspecified atom stereocenters. The molecule has 7 heteroatoms. The van der Waals surface area contributed by atoms with Crippen molar-refractivity contribution in [1.29, 1.82) is 0 Å². The van der Waals surface area contributed by atoms with E-state index in [0.29, 0.717) is 23.1 Å². The van der Waals surface area contributed by atoms with E-state index in [-0.39, 0.29) is 6.10 Å². The summed E-state index contributed by atoms with van der Waals surface area (Å²) in [5.41, 5.74) is 1.64. The van der Waals surface area contributed by atoms with Gasteiger partial charge in [-0.1, -0.05) is 12.1 Å². The Hall–Kier alpha value is -3.06. The van der Waals surface area contributed by atoms with Crippen molar-refractivity contribution in [2.75, 3.05) is 39.8 Å². The van der Waals surface area contributed by atoms with E-state index in [9.17, 15) is 0 Å². The zero-order valence-corrected chi connectivity index (χ0v) is 16.9. The van der Waals surface area contributed by atoms with Gasteiger partial charge in [-0.25, -0.2) is 9.97 Å². The number of para-hydroxylation sites is 1. The molecule has 0 bridgehead atoms. The minimum absolute atomic E-state index is 0.216. The van der Waals surface area contributed by atoms with Crippen LogP contribution in [0.3, 0.4) is 0 Å². The number of anilines is 1. The van der Waals surface area contributed by atoms with E-state index in [1.807, 2.05) is 36.4 Å². The number of fused-ring (bicyclic) bond motifs is 1. The molecule has 1 aromatic heterocycles. The number of hydrogen-bond acceptors (Lipinski definition) is 7. The van der Waals surface area contributed by atoms with Crippen molar-refractivity contribution in [3.63, 3.8) is 0 Å². The summed E-state index contributed by atoms with van der Waals surface area (Å²) in [6.07, 6.45) is 2.39. The lowest BCUT2D eigenvalue weighted by Gasteiger charge is -2.16. The summed E-state index contributed by atoms with van der Waals surface area (Å²) in [4.78, 5) is 9.57. The molecule has 1 aliphatic rings. The second-order valence-corrected chi connectivity index (χ2v) is 6.84. The van der Waals surface area contributed by atoms with E-state index in [0.717, 1.165) is 48.3 Å². The van der Waals surface area contributed by atoms with Gasteiger partial charge >= 0.3 is 0 Å². The maximum atomic E-state index is 5.73. The summed E-state index contributed by atoms with van der Waals surface area (Å²) in [5, 5.41) is 4.43. The lowest BCUT2D eigenvalue weighted by Crippen LogP contribution is -2.19. The fourth-order valence-corrected chi connectivity index (χ4v) is 3.57. The number of hydrogen-bond donors (Lipinski definition) is 1. The maximum Gasteiger partial charge on any atom is 0.203 e. The van der Waals surface area contributed by atoms with E-state index in [1.165, 1.54) is 0 Å². The zero-order chi connectivity index (χ0) is 20.2. The Labute approximate surface area is 170 Å². The van der Waals surface area contributed by atoms with Crippen molar-refractivity contribution >= 4 is 16.7 Å². The fraction of sp³-hybridized carbons (Fsp3) is 0.364. The molecule has 3 aromatic rings. The third-order valence-corrected chi connectivity index (χ3v) is 5.05. The van der Waals surface area contributed by atoms with Crippen LogP contribution >= 0.6 is 0 Å². The topological polar surface area (TPSA) is 74.7 Å². The van der Waals surface area contributed by atoms with Gasteiger partial charge in [-0.15, -0.1) is 0 Å². The second-order valence-electron chi connectivity index (χ2n) is 6.84. The van der Waals surface area contributed by atoms with Crippen LogP contribution in [0.2, 0.25) is 0 Å². The van der Waals surface area contributed by atoms with Crippen molar-refractivity contribution in [3.8, 4) is 28.6 Å². The highest BCUT2D eigenvalue weighted by molar-refractivity contribution is 5.90. The highest BCUT2D eigenvalue weighted by atomic mass is 16.5. The van der Waals surface area contributed by atoms with Gasteiger partial charge in [-0.2, -0.15) is 0 Å². The average molecular weight is 395 g/mol. The minimum atomic E-state index is 0.216. The van der Waals surface area contributed by atoms with E-state index in [4.69, 9.17) is 28.9 Å². The van der Waals surface area contributed by atoms with Crippen molar-refractivity contribution in [2.24, 2.45) is 0 Å². The van der Waals surface area contributed by atoms with Gasteiger partial charge in [0.05, 0.1) is 33.0 Å². The number of aromatic nitrogens is 2. The van der Waals surface area contributed by atoms with Crippen LogP contribution in [0.1, 0.15) is 12.8 Å². The number of nitrogens with zero attached hydrogens (tertiary/aromatic N) is 2. The molecule has 1 fully saturated rings. The summed E-state index contributed by atoms with van der Waals surface area (Å²) >= 11 is 0. The average Bonchev–Trinajstić information content (AvgIpc) is 3.29. The molecule has 0 aliphatic carbocycles. The van der Waals surface area contributed by atoms with Gasteiger partial charge in [0.2, 0.25) is 5.75 Å². The quantitative estimate of drug-likeness (QED) is 0.650. The third kappa shape index (κ3) is 3.91. The van der Waals surface area contributed by atoms with Crippen LogP contribution in [0.25, 0.3) is 22.3 Å². The third-order valence-electron chi connectivity index (χ3n) is 5.05. The molecule has 1 atom stereocenters.